The SMILES string of the molecule is O=C(O)CCC(O)(O)c1ccccc1. The number of rotatable bonds is 4. The van der Waals surface area contributed by atoms with Gasteiger partial charge in [0.25, 0.3) is 0 Å². The maximum absolute atomic E-state index is 10.3. The minimum atomic E-state index is -2.06. The smallest absolute Gasteiger partial charge is 0.303 e. The first-order valence-electron chi connectivity index (χ1n) is 4.24. The lowest BCUT2D eigenvalue weighted by molar-refractivity contribution is -0.179. The molecule has 76 valence electrons. The molecular weight excluding hydrogens is 184 g/mol. The molecule has 1 rings (SSSR count). The molecule has 0 aromatic heterocycles. The van der Waals surface area contributed by atoms with Crippen LogP contribution < -0.4 is 0 Å². The van der Waals surface area contributed by atoms with E-state index in [0.717, 1.165) is 0 Å². The van der Waals surface area contributed by atoms with Crippen LogP contribution in [0.15, 0.2) is 30.3 Å². The fourth-order valence-electron chi connectivity index (χ4n) is 1.13. The highest BCUT2D eigenvalue weighted by Gasteiger charge is 2.25. The van der Waals surface area contributed by atoms with Crippen molar-refractivity contribution in [1.82, 2.24) is 0 Å². The minimum Gasteiger partial charge on any atom is -0.481 e. The van der Waals surface area contributed by atoms with Gasteiger partial charge in [0.15, 0.2) is 5.79 Å². The van der Waals surface area contributed by atoms with Crippen LogP contribution in [-0.4, -0.2) is 21.3 Å². The quantitative estimate of drug-likeness (QED) is 0.619. The van der Waals surface area contributed by atoms with Crippen molar-refractivity contribution < 1.29 is 20.1 Å². The summed E-state index contributed by atoms with van der Waals surface area (Å²) >= 11 is 0. The van der Waals surface area contributed by atoms with Crippen molar-refractivity contribution in [2.75, 3.05) is 0 Å². The minimum absolute atomic E-state index is 0.216. The van der Waals surface area contributed by atoms with Gasteiger partial charge in [0.1, 0.15) is 0 Å². The van der Waals surface area contributed by atoms with Gasteiger partial charge >= 0.3 is 5.97 Å². The van der Waals surface area contributed by atoms with E-state index in [9.17, 15) is 15.0 Å². The number of carboxylic acids is 1. The Morgan fingerprint density at radius 1 is 1.21 bits per heavy atom. The maximum atomic E-state index is 10.3. The van der Waals surface area contributed by atoms with Gasteiger partial charge in [0, 0.05) is 12.0 Å². The summed E-state index contributed by atoms with van der Waals surface area (Å²) < 4.78 is 0. The topological polar surface area (TPSA) is 77.8 Å². The van der Waals surface area contributed by atoms with Gasteiger partial charge in [-0.1, -0.05) is 30.3 Å². The van der Waals surface area contributed by atoms with Gasteiger partial charge in [-0.15, -0.1) is 0 Å². The van der Waals surface area contributed by atoms with Gasteiger partial charge in [-0.2, -0.15) is 0 Å². The molecule has 0 unspecified atom stereocenters. The fourth-order valence-corrected chi connectivity index (χ4v) is 1.13. The van der Waals surface area contributed by atoms with Crippen molar-refractivity contribution in [2.24, 2.45) is 0 Å². The second-order valence-corrected chi connectivity index (χ2v) is 3.08. The standard InChI is InChI=1S/C10H12O4/c11-9(12)6-7-10(13,14)8-4-2-1-3-5-8/h1-5,13-14H,6-7H2,(H,11,12). The molecule has 0 atom stereocenters. The number of aliphatic carboxylic acids is 1. The van der Waals surface area contributed by atoms with E-state index < -0.39 is 11.8 Å². The number of carbonyl (C=O) groups is 1. The first kappa shape index (κ1) is 10.7. The summed E-state index contributed by atoms with van der Waals surface area (Å²) in [6, 6.07) is 8.16. The van der Waals surface area contributed by atoms with E-state index in [2.05, 4.69) is 0 Å². The lowest BCUT2D eigenvalue weighted by Crippen LogP contribution is -2.25. The van der Waals surface area contributed by atoms with Gasteiger partial charge in [0.05, 0.1) is 6.42 Å². The van der Waals surface area contributed by atoms with Crippen molar-refractivity contribution >= 4 is 5.97 Å². The molecular formula is C10H12O4. The first-order chi connectivity index (χ1) is 6.52. The van der Waals surface area contributed by atoms with Gasteiger partial charge in [0.2, 0.25) is 0 Å². The predicted molar refractivity (Wildman–Crippen MR) is 49.4 cm³/mol. The summed E-state index contributed by atoms with van der Waals surface area (Å²) in [6.45, 7) is 0. The summed E-state index contributed by atoms with van der Waals surface area (Å²) in [4.78, 5) is 10.3. The predicted octanol–water partition coefficient (Wildman–Crippen LogP) is 0.689. The molecule has 0 aliphatic rings. The molecule has 3 N–H and O–H groups in total. The Hall–Kier alpha value is -1.39. The summed E-state index contributed by atoms with van der Waals surface area (Å²) in [7, 11) is 0. The molecule has 0 aliphatic carbocycles. The molecule has 0 aliphatic heterocycles. The molecule has 1 aromatic carbocycles. The zero-order chi connectivity index (χ0) is 10.6. The Balaban J connectivity index is 2.70. The fraction of sp³-hybridized carbons (Fsp3) is 0.300. The van der Waals surface area contributed by atoms with Gasteiger partial charge in [-0.05, 0) is 0 Å². The summed E-state index contributed by atoms with van der Waals surface area (Å²) in [6.07, 6.45) is -0.492. The average Bonchev–Trinajstić information content (AvgIpc) is 2.16. The van der Waals surface area contributed by atoms with E-state index in [-0.39, 0.29) is 12.8 Å². The molecule has 0 heterocycles. The molecule has 0 saturated heterocycles. The zero-order valence-corrected chi connectivity index (χ0v) is 7.55. The largest absolute Gasteiger partial charge is 0.481 e. The van der Waals surface area contributed by atoms with Crippen molar-refractivity contribution in [3.8, 4) is 0 Å². The molecule has 1 aromatic rings. The van der Waals surface area contributed by atoms with Gasteiger partial charge in [-0.3, -0.25) is 4.79 Å². The molecule has 4 nitrogen and oxygen atoms in total. The number of benzene rings is 1. The third-order valence-electron chi connectivity index (χ3n) is 1.92. The van der Waals surface area contributed by atoms with E-state index in [1.54, 1.807) is 30.3 Å². The van der Waals surface area contributed by atoms with E-state index in [1.165, 1.54) is 0 Å². The van der Waals surface area contributed by atoms with Crippen LogP contribution in [0.1, 0.15) is 18.4 Å². The monoisotopic (exact) mass is 196 g/mol. The highest BCUT2D eigenvalue weighted by molar-refractivity contribution is 5.66. The van der Waals surface area contributed by atoms with E-state index in [0.29, 0.717) is 5.56 Å². The summed E-state index contributed by atoms with van der Waals surface area (Å²) in [5.74, 6) is -3.10. The third-order valence-corrected chi connectivity index (χ3v) is 1.92. The number of hydrogen-bond donors (Lipinski definition) is 3. The molecule has 0 amide bonds. The van der Waals surface area contributed by atoms with Crippen LogP contribution >= 0.6 is 0 Å². The number of carboxylic acid groups (broad SMARTS) is 1. The Morgan fingerprint density at radius 3 is 2.29 bits per heavy atom. The second kappa shape index (κ2) is 4.21. The molecule has 0 bridgehead atoms. The molecule has 4 heteroatoms. The van der Waals surface area contributed by atoms with Crippen LogP contribution in [0.3, 0.4) is 0 Å². The van der Waals surface area contributed by atoms with Crippen molar-refractivity contribution in [3.63, 3.8) is 0 Å². The lowest BCUT2D eigenvalue weighted by atomic mass is 10.0. The van der Waals surface area contributed by atoms with Crippen LogP contribution in [0, 0.1) is 0 Å². The van der Waals surface area contributed by atoms with Crippen molar-refractivity contribution in [3.05, 3.63) is 35.9 Å². The van der Waals surface area contributed by atoms with Crippen LogP contribution in [0.25, 0.3) is 0 Å². The molecule has 0 fully saturated rings. The van der Waals surface area contributed by atoms with Crippen molar-refractivity contribution in [1.29, 1.82) is 0 Å². The van der Waals surface area contributed by atoms with Gasteiger partial charge in [-0.25, -0.2) is 0 Å². The zero-order valence-electron chi connectivity index (χ0n) is 7.55. The summed E-state index contributed by atoms with van der Waals surface area (Å²) in [5.41, 5.74) is 0.307. The molecule has 0 saturated carbocycles. The first-order valence-corrected chi connectivity index (χ1v) is 4.24. The Bertz CT molecular complexity index is 305. The van der Waals surface area contributed by atoms with Crippen LogP contribution in [-0.2, 0) is 10.6 Å². The number of aliphatic hydroxyl groups is 2. The normalized spacial score (nSPS) is 11.3. The van der Waals surface area contributed by atoms with Crippen LogP contribution in [0.5, 0.6) is 0 Å². The molecule has 0 radical (unpaired) electrons. The van der Waals surface area contributed by atoms with Gasteiger partial charge < -0.3 is 15.3 Å². The number of hydrogen-bond acceptors (Lipinski definition) is 3. The summed E-state index contributed by atoms with van der Waals surface area (Å²) in [5, 5.41) is 27.5. The lowest BCUT2D eigenvalue weighted by Gasteiger charge is -2.21. The average molecular weight is 196 g/mol. The highest BCUT2D eigenvalue weighted by atomic mass is 16.5. The third kappa shape index (κ3) is 2.83. The second-order valence-electron chi connectivity index (χ2n) is 3.08. The van der Waals surface area contributed by atoms with E-state index in [1.807, 2.05) is 0 Å². The van der Waals surface area contributed by atoms with Crippen LogP contribution in [0.4, 0.5) is 0 Å². The highest BCUT2D eigenvalue weighted by Crippen LogP contribution is 2.22. The maximum Gasteiger partial charge on any atom is 0.303 e. The molecule has 14 heavy (non-hydrogen) atoms. The Morgan fingerprint density at radius 2 is 1.79 bits per heavy atom. The Kier molecular flexibility index (Phi) is 3.22. The Labute approximate surface area is 81.4 Å². The van der Waals surface area contributed by atoms with Crippen LogP contribution in [0.2, 0.25) is 0 Å². The van der Waals surface area contributed by atoms with Crippen molar-refractivity contribution in [2.45, 2.75) is 18.6 Å². The van der Waals surface area contributed by atoms with E-state index in [4.69, 9.17) is 5.11 Å². The van der Waals surface area contributed by atoms with E-state index >= 15 is 0 Å². The molecule has 0 spiro atoms.